The molecule has 0 spiro atoms. The number of aryl methyl sites for hydroxylation is 2. The Morgan fingerprint density at radius 1 is 1.33 bits per heavy atom. The first-order valence-electron chi connectivity index (χ1n) is 7.47. The van der Waals surface area contributed by atoms with Crippen molar-refractivity contribution in [1.29, 1.82) is 0 Å². The summed E-state index contributed by atoms with van der Waals surface area (Å²) in [7, 11) is 3.54. The molecule has 8 heteroatoms. The highest BCUT2D eigenvalue weighted by atomic mass is 79.9. The van der Waals surface area contributed by atoms with Crippen molar-refractivity contribution in [3.8, 4) is 0 Å². The molecule has 0 unspecified atom stereocenters. The molecule has 1 aromatic carbocycles. The van der Waals surface area contributed by atoms with Crippen molar-refractivity contribution in [2.45, 2.75) is 13.5 Å². The molecule has 3 N–H and O–H groups in total. The molecule has 1 heterocycles. The summed E-state index contributed by atoms with van der Waals surface area (Å²) in [6.07, 6.45) is 1.74. The van der Waals surface area contributed by atoms with Gasteiger partial charge in [-0.2, -0.15) is 5.10 Å². The third-order valence-electron chi connectivity index (χ3n) is 3.47. The third kappa shape index (κ3) is 5.09. The minimum Gasteiger partial charge on any atom is -0.351 e. The van der Waals surface area contributed by atoms with Gasteiger partial charge in [0.05, 0.1) is 18.8 Å². The molecule has 0 bridgehead atoms. The van der Waals surface area contributed by atoms with Crippen LogP contribution in [0.15, 0.2) is 39.9 Å². The zero-order valence-corrected chi connectivity index (χ0v) is 15.5. The number of benzene rings is 1. The predicted molar refractivity (Wildman–Crippen MR) is 98.9 cm³/mol. The van der Waals surface area contributed by atoms with Gasteiger partial charge < -0.3 is 16.0 Å². The molecule has 0 saturated carbocycles. The number of aromatic nitrogens is 2. The molecule has 2 rings (SSSR count). The number of rotatable bonds is 5. The highest BCUT2D eigenvalue weighted by Crippen LogP contribution is 2.20. The number of halogens is 1. The molecule has 1 amide bonds. The zero-order valence-electron chi connectivity index (χ0n) is 13.9. The largest absolute Gasteiger partial charge is 0.351 e. The maximum absolute atomic E-state index is 12.1. The number of carbonyl (C=O) groups excluding carboxylic acids is 1. The molecule has 0 atom stereocenters. The number of hydrogen-bond acceptors (Lipinski definition) is 3. The van der Waals surface area contributed by atoms with Gasteiger partial charge in [-0.05, 0) is 30.7 Å². The molecule has 0 fully saturated rings. The Bertz CT molecular complexity index is 740. The Labute approximate surface area is 149 Å². The maximum atomic E-state index is 12.1. The van der Waals surface area contributed by atoms with Crippen LogP contribution in [0.1, 0.15) is 11.3 Å². The lowest BCUT2D eigenvalue weighted by molar-refractivity contribution is -0.115. The highest BCUT2D eigenvalue weighted by molar-refractivity contribution is 9.10. The van der Waals surface area contributed by atoms with Crippen LogP contribution in [-0.4, -0.2) is 35.2 Å². The van der Waals surface area contributed by atoms with E-state index in [4.69, 9.17) is 0 Å². The van der Waals surface area contributed by atoms with Crippen molar-refractivity contribution in [3.05, 3.63) is 46.2 Å². The molecule has 128 valence electrons. The van der Waals surface area contributed by atoms with Crippen LogP contribution in [0, 0.1) is 6.92 Å². The third-order valence-corrected chi connectivity index (χ3v) is 3.97. The summed E-state index contributed by atoms with van der Waals surface area (Å²) < 4.78 is 2.70. The van der Waals surface area contributed by atoms with Gasteiger partial charge in [0, 0.05) is 30.5 Å². The molecule has 0 aliphatic carbocycles. The van der Waals surface area contributed by atoms with Crippen LogP contribution in [0.2, 0.25) is 0 Å². The van der Waals surface area contributed by atoms with Crippen LogP contribution >= 0.6 is 15.9 Å². The second kappa shape index (κ2) is 8.49. The molecule has 0 aliphatic rings. The summed E-state index contributed by atoms with van der Waals surface area (Å²) in [5, 5.41) is 13.1. The van der Waals surface area contributed by atoms with E-state index >= 15 is 0 Å². The number of aliphatic imine (C=N–C) groups is 1. The summed E-state index contributed by atoms with van der Waals surface area (Å²) in [5.74, 6) is 0.414. The Kier molecular flexibility index (Phi) is 6.36. The average molecular weight is 393 g/mol. The standard InChI is InChI=1S/C16H21BrN6O/c1-11-4-5-12(17)8-14(11)22-15(24)10-20-16(18-2)19-9-13-6-7-21-23(13)3/h4-8H,9-10H2,1-3H3,(H,22,24)(H2,18,19,20). The van der Waals surface area contributed by atoms with Crippen molar-refractivity contribution in [2.24, 2.45) is 12.0 Å². The van der Waals surface area contributed by atoms with Crippen LogP contribution < -0.4 is 16.0 Å². The quantitative estimate of drug-likeness (QED) is 0.534. The van der Waals surface area contributed by atoms with Crippen molar-refractivity contribution >= 4 is 33.5 Å². The normalized spacial score (nSPS) is 11.2. The van der Waals surface area contributed by atoms with Gasteiger partial charge >= 0.3 is 0 Å². The van der Waals surface area contributed by atoms with Crippen LogP contribution in [0.4, 0.5) is 5.69 Å². The van der Waals surface area contributed by atoms with E-state index in [-0.39, 0.29) is 12.5 Å². The van der Waals surface area contributed by atoms with E-state index in [1.165, 1.54) is 0 Å². The number of guanidine groups is 1. The summed E-state index contributed by atoms with van der Waals surface area (Å²) in [4.78, 5) is 16.2. The average Bonchev–Trinajstić information content (AvgIpc) is 2.96. The SMILES string of the molecule is CN=C(NCC(=O)Nc1cc(Br)ccc1C)NCc1ccnn1C. The first-order chi connectivity index (χ1) is 11.5. The van der Waals surface area contributed by atoms with Gasteiger partial charge in [0.1, 0.15) is 0 Å². The van der Waals surface area contributed by atoms with Gasteiger partial charge in [-0.25, -0.2) is 0 Å². The monoisotopic (exact) mass is 392 g/mol. The molecular formula is C16H21BrN6O. The Morgan fingerprint density at radius 3 is 2.79 bits per heavy atom. The van der Waals surface area contributed by atoms with Crippen molar-refractivity contribution in [3.63, 3.8) is 0 Å². The van der Waals surface area contributed by atoms with Gasteiger partial charge in [0.25, 0.3) is 0 Å². The van der Waals surface area contributed by atoms with Gasteiger partial charge in [-0.3, -0.25) is 14.5 Å². The highest BCUT2D eigenvalue weighted by Gasteiger charge is 2.07. The smallest absolute Gasteiger partial charge is 0.243 e. The molecule has 2 aromatic rings. The van der Waals surface area contributed by atoms with Crippen LogP contribution in [0.3, 0.4) is 0 Å². The topological polar surface area (TPSA) is 83.3 Å². The lowest BCUT2D eigenvalue weighted by Gasteiger charge is -2.13. The molecule has 0 radical (unpaired) electrons. The predicted octanol–water partition coefficient (Wildman–Crippen LogP) is 1.79. The summed E-state index contributed by atoms with van der Waals surface area (Å²) in [5.41, 5.74) is 2.81. The first kappa shape index (κ1) is 18.0. The van der Waals surface area contributed by atoms with Crippen molar-refractivity contribution in [1.82, 2.24) is 20.4 Å². The Balaban J connectivity index is 1.83. The van der Waals surface area contributed by atoms with Gasteiger partial charge in [-0.15, -0.1) is 0 Å². The van der Waals surface area contributed by atoms with Gasteiger partial charge in [-0.1, -0.05) is 22.0 Å². The minimum absolute atomic E-state index is 0.122. The van der Waals surface area contributed by atoms with Gasteiger partial charge in [0.15, 0.2) is 5.96 Å². The Hall–Kier alpha value is -2.35. The number of amides is 1. The molecule has 0 saturated heterocycles. The summed E-state index contributed by atoms with van der Waals surface area (Å²) in [6, 6.07) is 7.68. The lowest BCUT2D eigenvalue weighted by Crippen LogP contribution is -2.41. The second-order valence-corrected chi connectivity index (χ2v) is 6.15. The van der Waals surface area contributed by atoms with Crippen LogP contribution in [0.5, 0.6) is 0 Å². The van der Waals surface area contributed by atoms with E-state index in [9.17, 15) is 4.79 Å². The molecular weight excluding hydrogens is 372 g/mol. The second-order valence-electron chi connectivity index (χ2n) is 5.23. The van der Waals surface area contributed by atoms with E-state index in [2.05, 4.69) is 42.0 Å². The number of carbonyl (C=O) groups is 1. The lowest BCUT2D eigenvalue weighted by atomic mass is 10.2. The van der Waals surface area contributed by atoms with Crippen molar-refractivity contribution in [2.75, 3.05) is 18.9 Å². The van der Waals surface area contributed by atoms with Gasteiger partial charge in [0.2, 0.25) is 5.91 Å². The van der Waals surface area contributed by atoms with Crippen molar-refractivity contribution < 1.29 is 4.79 Å². The van der Waals surface area contributed by atoms with E-state index in [0.29, 0.717) is 12.5 Å². The number of nitrogens with zero attached hydrogens (tertiary/aromatic N) is 3. The molecule has 1 aromatic heterocycles. The first-order valence-corrected chi connectivity index (χ1v) is 8.26. The fraction of sp³-hybridized carbons (Fsp3) is 0.312. The molecule has 0 aliphatic heterocycles. The maximum Gasteiger partial charge on any atom is 0.243 e. The van der Waals surface area contributed by atoms with E-state index < -0.39 is 0 Å². The molecule has 24 heavy (non-hydrogen) atoms. The number of anilines is 1. The Morgan fingerprint density at radius 2 is 2.12 bits per heavy atom. The summed E-state index contributed by atoms with van der Waals surface area (Å²) >= 11 is 3.40. The van der Waals surface area contributed by atoms with E-state index in [0.717, 1.165) is 21.4 Å². The minimum atomic E-state index is -0.139. The fourth-order valence-electron chi connectivity index (χ4n) is 2.06. The fourth-order valence-corrected chi connectivity index (χ4v) is 2.42. The van der Waals surface area contributed by atoms with Crippen LogP contribution in [-0.2, 0) is 18.4 Å². The van der Waals surface area contributed by atoms with E-state index in [1.54, 1.807) is 17.9 Å². The van der Waals surface area contributed by atoms with Crippen LogP contribution in [0.25, 0.3) is 0 Å². The zero-order chi connectivity index (χ0) is 17.5. The number of hydrogen-bond donors (Lipinski definition) is 3. The summed E-state index contributed by atoms with van der Waals surface area (Å²) in [6.45, 7) is 2.64. The molecule has 7 nitrogen and oxygen atoms in total. The number of nitrogens with one attached hydrogen (secondary N) is 3. The van der Waals surface area contributed by atoms with E-state index in [1.807, 2.05) is 38.2 Å².